The van der Waals surface area contributed by atoms with Gasteiger partial charge in [-0.2, -0.15) is 0 Å². The van der Waals surface area contributed by atoms with Crippen LogP contribution in [-0.4, -0.2) is 24.5 Å². The van der Waals surface area contributed by atoms with E-state index < -0.39 is 0 Å². The molecule has 3 heteroatoms. The third kappa shape index (κ3) is 5.13. The molecule has 0 unspecified atom stereocenters. The van der Waals surface area contributed by atoms with E-state index in [0.29, 0.717) is 5.91 Å². The van der Waals surface area contributed by atoms with Crippen molar-refractivity contribution in [2.24, 2.45) is 11.3 Å². The van der Waals surface area contributed by atoms with Crippen LogP contribution >= 0.6 is 0 Å². The van der Waals surface area contributed by atoms with Gasteiger partial charge in [0.2, 0.25) is 5.91 Å². The Balaban J connectivity index is 0.000000861. The van der Waals surface area contributed by atoms with Crippen molar-refractivity contribution in [1.82, 2.24) is 10.6 Å². The van der Waals surface area contributed by atoms with Crippen LogP contribution in [-0.2, 0) is 4.79 Å². The summed E-state index contributed by atoms with van der Waals surface area (Å²) >= 11 is 0. The molecule has 1 saturated heterocycles. The molecule has 0 atom stereocenters. The maximum atomic E-state index is 12.6. The molecule has 1 heterocycles. The molecule has 2 rings (SSSR count). The molecule has 1 aliphatic carbocycles. The normalized spacial score (nSPS) is 22.2. The Morgan fingerprint density at radius 3 is 2.16 bits per heavy atom. The number of hydrogen-bond donors (Lipinski definition) is 2. The first-order chi connectivity index (χ1) is 8.91. The highest BCUT2D eigenvalue weighted by Gasteiger charge is 2.44. The molecule has 0 spiro atoms. The summed E-state index contributed by atoms with van der Waals surface area (Å²) in [6.45, 7) is 12.2. The Hall–Kier alpha value is -0.570. The van der Waals surface area contributed by atoms with E-state index in [4.69, 9.17) is 0 Å². The number of carbonyl (C=O) groups is 1. The minimum atomic E-state index is -0.113. The van der Waals surface area contributed by atoms with Gasteiger partial charge in [-0.3, -0.25) is 4.79 Å². The number of piperidine rings is 1. The fourth-order valence-corrected chi connectivity index (χ4v) is 2.78. The van der Waals surface area contributed by atoms with E-state index in [1.807, 2.05) is 13.8 Å². The van der Waals surface area contributed by atoms with Crippen molar-refractivity contribution in [3.05, 3.63) is 0 Å². The average Bonchev–Trinajstić information content (AvgIpc) is 3.14. The van der Waals surface area contributed by atoms with Crippen molar-refractivity contribution in [2.75, 3.05) is 13.1 Å². The van der Waals surface area contributed by atoms with E-state index in [9.17, 15) is 4.79 Å². The molecule has 1 amide bonds. The number of nitrogens with one attached hydrogen (secondary N) is 2. The van der Waals surface area contributed by atoms with Crippen molar-refractivity contribution < 1.29 is 4.79 Å². The second-order valence-corrected chi connectivity index (χ2v) is 6.88. The Morgan fingerprint density at radius 1 is 1.21 bits per heavy atom. The lowest BCUT2D eigenvalue weighted by atomic mass is 9.73. The summed E-state index contributed by atoms with van der Waals surface area (Å²) in [5.41, 5.74) is -0.196. The van der Waals surface area contributed by atoms with E-state index in [1.165, 1.54) is 12.8 Å². The quantitative estimate of drug-likeness (QED) is 0.826. The SMILES string of the molecule is CC.CC(C)(C)NC(=O)C1(CC2CC2)CCNCC1. The Labute approximate surface area is 118 Å². The highest BCUT2D eigenvalue weighted by molar-refractivity contribution is 5.83. The van der Waals surface area contributed by atoms with Crippen LogP contribution in [0.25, 0.3) is 0 Å². The van der Waals surface area contributed by atoms with Crippen LogP contribution in [0.5, 0.6) is 0 Å². The second kappa shape index (κ2) is 6.74. The first-order valence-corrected chi connectivity index (χ1v) is 7.95. The van der Waals surface area contributed by atoms with Crippen LogP contribution < -0.4 is 10.6 Å². The summed E-state index contributed by atoms with van der Waals surface area (Å²) in [5, 5.41) is 6.57. The molecule has 0 aromatic carbocycles. The average molecular weight is 268 g/mol. The summed E-state index contributed by atoms with van der Waals surface area (Å²) in [4.78, 5) is 12.6. The van der Waals surface area contributed by atoms with E-state index in [-0.39, 0.29) is 11.0 Å². The van der Waals surface area contributed by atoms with Gasteiger partial charge in [0.1, 0.15) is 0 Å². The molecule has 2 fully saturated rings. The molecule has 0 aromatic heterocycles. The first kappa shape index (κ1) is 16.5. The fraction of sp³-hybridized carbons (Fsp3) is 0.938. The topological polar surface area (TPSA) is 41.1 Å². The van der Waals surface area contributed by atoms with Gasteiger partial charge >= 0.3 is 0 Å². The predicted molar refractivity (Wildman–Crippen MR) is 81.1 cm³/mol. The molecule has 19 heavy (non-hydrogen) atoms. The zero-order valence-corrected chi connectivity index (χ0v) is 13.4. The van der Waals surface area contributed by atoms with Crippen molar-refractivity contribution >= 4 is 5.91 Å². The van der Waals surface area contributed by atoms with Crippen LogP contribution in [0.4, 0.5) is 0 Å². The van der Waals surface area contributed by atoms with Gasteiger partial charge in [-0.15, -0.1) is 0 Å². The van der Waals surface area contributed by atoms with Crippen LogP contribution in [0, 0.1) is 11.3 Å². The molecule has 2 aliphatic rings. The molecular formula is C16H32N2O. The molecule has 0 aromatic rings. The monoisotopic (exact) mass is 268 g/mol. The number of carbonyl (C=O) groups excluding carboxylic acids is 1. The van der Waals surface area contributed by atoms with Crippen LogP contribution in [0.15, 0.2) is 0 Å². The van der Waals surface area contributed by atoms with Gasteiger partial charge in [0.15, 0.2) is 0 Å². The molecule has 3 nitrogen and oxygen atoms in total. The van der Waals surface area contributed by atoms with Gasteiger partial charge in [-0.05, 0) is 59.0 Å². The van der Waals surface area contributed by atoms with E-state index >= 15 is 0 Å². The minimum Gasteiger partial charge on any atom is -0.351 e. The third-order valence-corrected chi connectivity index (χ3v) is 3.91. The maximum Gasteiger partial charge on any atom is 0.226 e. The van der Waals surface area contributed by atoms with Gasteiger partial charge in [-0.1, -0.05) is 26.7 Å². The van der Waals surface area contributed by atoms with Crippen LogP contribution in [0.3, 0.4) is 0 Å². The first-order valence-electron chi connectivity index (χ1n) is 7.95. The second-order valence-electron chi connectivity index (χ2n) is 6.88. The molecule has 2 N–H and O–H groups in total. The molecule has 0 radical (unpaired) electrons. The van der Waals surface area contributed by atoms with E-state index in [0.717, 1.165) is 38.3 Å². The number of amides is 1. The minimum absolute atomic E-state index is 0.0836. The smallest absolute Gasteiger partial charge is 0.226 e. The molecular weight excluding hydrogens is 236 g/mol. The van der Waals surface area contributed by atoms with Gasteiger partial charge < -0.3 is 10.6 Å². The highest BCUT2D eigenvalue weighted by Crippen LogP contribution is 2.45. The Bertz CT molecular complexity index is 284. The lowest BCUT2D eigenvalue weighted by molar-refractivity contribution is -0.135. The van der Waals surface area contributed by atoms with Crippen molar-refractivity contribution in [1.29, 1.82) is 0 Å². The fourth-order valence-electron chi connectivity index (χ4n) is 2.78. The lowest BCUT2D eigenvalue weighted by Gasteiger charge is -2.38. The van der Waals surface area contributed by atoms with Crippen molar-refractivity contribution in [3.63, 3.8) is 0 Å². The zero-order chi connectivity index (χ0) is 14.5. The van der Waals surface area contributed by atoms with Crippen molar-refractivity contribution in [3.8, 4) is 0 Å². The van der Waals surface area contributed by atoms with Gasteiger partial charge in [-0.25, -0.2) is 0 Å². The van der Waals surface area contributed by atoms with Gasteiger partial charge in [0.05, 0.1) is 5.41 Å². The Morgan fingerprint density at radius 2 is 1.74 bits per heavy atom. The van der Waals surface area contributed by atoms with E-state index in [2.05, 4.69) is 31.4 Å². The van der Waals surface area contributed by atoms with Crippen LogP contribution in [0.2, 0.25) is 0 Å². The van der Waals surface area contributed by atoms with E-state index in [1.54, 1.807) is 0 Å². The maximum absolute atomic E-state index is 12.6. The lowest BCUT2D eigenvalue weighted by Crippen LogP contribution is -2.52. The van der Waals surface area contributed by atoms with Gasteiger partial charge in [0, 0.05) is 5.54 Å². The summed E-state index contributed by atoms with van der Waals surface area (Å²) in [6, 6.07) is 0. The number of rotatable bonds is 3. The third-order valence-electron chi connectivity index (χ3n) is 3.91. The summed E-state index contributed by atoms with van der Waals surface area (Å²) < 4.78 is 0. The predicted octanol–water partition coefficient (Wildman–Crippen LogP) is 3.10. The summed E-state index contributed by atoms with van der Waals surface area (Å²) in [7, 11) is 0. The summed E-state index contributed by atoms with van der Waals surface area (Å²) in [6.07, 6.45) is 5.78. The van der Waals surface area contributed by atoms with Gasteiger partial charge in [0.25, 0.3) is 0 Å². The zero-order valence-electron chi connectivity index (χ0n) is 13.4. The van der Waals surface area contributed by atoms with Crippen molar-refractivity contribution in [2.45, 2.75) is 72.3 Å². The molecule has 1 saturated carbocycles. The standard InChI is InChI=1S/C14H26N2O.C2H6/c1-13(2,3)16-12(17)14(10-11-4-5-11)6-8-15-9-7-14;1-2/h11,15H,4-10H2,1-3H3,(H,16,17);1-2H3. The summed E-state index contributed by atoms with van der Waals surface area (Å²) in [5.74, 6) is 1.11. The Kier molecular flexibility index (Phi) is 5.84. The largest absolute Gasteiger partial charge is 0.351 e. The molecule has 112 valence electrons. The molecule has 0 bridgehead atoms. The highest BCUT2D eigenvalue weighted by atomic mass is 16.2. The number of hydrogen-bond acceptors (Lipinski definition) is 2. The molecule has 1 aliphatic heterocycles. The van der Waals surface area contributed by atoms with Crippen LogP contribution in [0.1, 0.15) is 66.7 Å².